The van der Waals surface area contributed by atoms with Gasteiger partial charge in [0.1, 0.15) is 17.3 Å². The van der Waals surface area contributed by atoms with Crippen molar-refractivity contribution in [2.45, 2.75) is 26.8 Å². The van der Waals surface area contributed by atoms with Gasteiger partial charge < -0.3 is 13.8 Å². The second-order valence-electron chi connectivity index (χ2n) is 6.00. The smallest absolute Gasteiger partial charge is 0.227 e. The van der Waals surface area contributed by atoms with E-state index < -0.39 is 0 Å². The van der Waals surface area contributed by atoms with E-state index in [4.69, 9.17) is 8.94 Å². The van der Waals surface area contributed by atoms with Crippen LogP contribution in [0.3, 0.4) is 0 Å². The minimum Gasteiger partial charge on any atom is -0.459 e. The van der Waals surface area contributed by atoms with Crippen molar-refractivity contribution in [2.24, 2.45) is 0 Å². The Kier molecular flexibility index (Phi) is 5.08. The predicted octanol–water partition coefficient (Wildman–Crippen LogP) is 4.52. The molecular formula is C19H19BrN2O3. The Morgan fingerprint density at radius 1 is 1.16 bits per heavy atom. The first-order valence-corrected chi connectivity index (χ1v) is 8.73. The molecule has 1 aromatic carbocycles. The van der Waals surface area contributed by atoms with Gasteiger partial charge in [-0.25, -0.2) is 0 Å². The van der Waals surface area contributed by atoms with E-state index in [1.807, 2.05) is 50.2 Å². The molecule has 0 saturated heterocycles. The molecule has 2 aromatic heterocycles. The maximum Gasteiger partial charge on any atom is 0.227 e. The number of furan rings is 1. The van der Waals surface area contributed by atoms with Gasteiger partial charge in [0.15, 0.2) is 0 Å². The molecule has 0 N–H and O–H groups in total. The Morgan fingerprint density at radius 2 is 1.88 bits per heavy atom. The van der Waals surface area contributed by atoms with E-state index in [2.05, 4.69) is 21.1 Å². The highest BCUT2D eigenvalue weighted by Gasteiger charge is 2.17. The zero-order chi connectivity index (χ0) is 18.0. The van der Waals surface area contributed by atoms with Crippen molar-refractivity contribution in [1.82, 2.24) is 10.1 Å². The van der Waals surface area contributed by atoms with Gasteiger partial charge in [0.2, 0.25) is 5.91 Å². The van der Waals surface area contributed by atoms with Crippen LogP contribution in [-0.2, 0) is 17.8 Å². The average molecular weight is 403 g/mol. The number of likely N-dealkylation sites (N-methyl/N-ethyl adjacent to an activating group) is 1. The number of aromatic nitrogens is 1. The number of hydrogen-bond acceptors (Lipinski definition) is 4. The van der Waals surface area contributed by atoms with Crippen LogP contribution in [0.25, 0.3) is 11.3 Å². The molecule has 3 aromatic rings. The fourth-order valence-electron chi connectivity index (χ4n) is 2.59. The van der Waals surface area contributed by atoms with E-state index in [-0.39, 0.29) is 12.3 Å². The van der Waals surface area contributed by atoms with Gasteiger partial charge in [-0.15, -0.1) is 0 Å². The Labute approximate surface area is 154 Å². The van der Waals surface area contributed by atoms with Gasteiger partial charge in [0, 0.05) is 22.6 Å². The van der Waals surface area contributed by atoms with Crippen molar-refractivity contribution in [3.63, 3.8) is 0 Å². The zero-order valence-corrected chi connectivity index (χ0v) is 16.0. The molecule has 0 saturated carbocycles. The molecule has 1 amide bonds. The maximum absolute atomic E-state index is 12.4. The molecule has 0 fully saturated rings. The lowest BCUT2D eigenvalue weighted by molar-refractivity contribution is -0.129. The number of benzene rings is 1. The molecule has 2 heterocycles. The third kappa shape index (κ3) is 4.02. The second kappa shape index (κ2) is 7.27. The highest BCUT2D eigenvalue weighted by Crippen LogP contribution is 2.24. The average Bonchev–Trinajstić information content (AvgIpc) is 3.17. The summed E-state index contributed by atoms with van der Waals surface area (Å²) >= 11 is 3.42. The van der Waals surface area contributed by atoms with Gasteiger partial charge in [-0.05, 0) is 38.1 Å². The summed E-state index contributed by atoms with van der Waals surface area (Å²) in [6.45, 7) is 4.08. The van der Waals surface area contributed by atoms with Gasteiger partial charge in [0.05, 0.1) is 18.7 Å². The summed E-state index contributed by atoms with van der Waals surface area (Å²) in [7, 11) is 1.77. The summed E-state index contributed by atoms with van der Waals surface area (Å²) in [5.74, 6) is 2.22. The Morgan fingerprint density at radius 3 is 2.52 bits per heavy atom. The highest BCUT2D eigenvalue weighted by molar-refractivity contribution is 9.10. The Balaban J connectivity index is 1.66. The lowest BCUT2D eigenvalue weighted by Crippen LogP contribution is -2.27. The molecule has 0 radical (unpaired) electrons. The van der Waals surface area contributed by atoms with Gasteiger partial charge in [-0.2, -0.15) is 0 Å². The van der Waals surface area contributed by atoms with Gasteiger partial charge >= 0.3 is 0 Å². The standard InChI is InChI=1S/C19H19BrN2O3/c1-12-17(13(2)25-21-12)10-19(23)22(3)11-16-8-9-18(24-16)14-4-6-15(20)7-5-14/h4-9H,10-11H2,1-3H3. The zero-order valence-electron chi connectivity index (χ0n) is 14.4. The van der Waals surface area contributed by atoms with E-state index in [0.29, 0.717) is 12.3 Å². The summed E-state index contributed by atoms with van der Waals surface area (Å²) in [6, 6.07) is 11.7. The summed E-state index contributed by atoms with van der Waals surface area (Å²) < 4.78 is 12.0. The fourth-order valence-corrected chi connectivity index (χ4v) is 2.86. The number of hydrogen-bond donors (Lipinski definition) is 0. The molecule has 0 aliphatic carbocycles. The van der Waals surface area contributed by atoms with E-state index in [1.165, 1.54) is 0 Å². The van der Waals surface area contributed by atoms with Crippen LogP contribution >= 0.6 is 15.9 Å². The molecule has 25 heavy (non-hydrogen) atoms. The van der Waals surface area contributed by atoms with Crippen LogP contribution in [0.1, 0.15) is 22.8 Å². The molecule has 0 spiro atoms. The molecule has 130 valence electrons. The highest BCUT2D eigenvalue weighted by atomic mass is 79.9. The SMILES string of the molecule is Cc1noc(C)c1CC(=O)N(C)Cc1ccc(-c2ccc(Br)cc2)o1. The number of aryl methyl sites for hydroxylation is 2. The largest absolute Gasteiger partial charge is 0.459 e. The van der Waals surface area contributed by atoms with Crippen LogP contribution in [-0.4, -0.2) is 23.0 Å². The third-order valence-corrected chi connectivity index (χ3v) is 4.65. The maximum atomic E-state index is 12.4. The summed E-state index contributed by atoms with van der Waals surface area (Å²) in [5.41, 5.74) is 2.61. The van der Waals surface area contributed by atoms with Crippen molar-refractivity contribution in [1.29, 1.82) is 0 Å². The Bertz CT molecular complexity index is 861. The first kappa shape index (κ1) is 17.5. The fraction of sp³-hybridized carbons (Fsp3) is 0.263. The molecule has 0 bridgehead atoms. The molecule has 3 rings (SSSR count). The van der Waals surface area contributed by atoms with Crippen molar-refractivity contribution in [3.8, 4) is 11.3 Å². The van der Waals surface area contributed by atoms with Gasteiger partial charge in [-0.1, -0.05) is 33.2 Å². The van der Waals surface area contributed by atoms with Crippen LogP contribution in [0.5, 0.6) is 0 Å². The first-order chi connectivity index (χ1) is 11.9. The van der Waals surface area contributed by atoms with E-state index in [9.17, 15) is 4.79 Å². The number of nitrogens with zero attached hydrogens (tertiary/aromatic N) is 2. The monoisotopic (exact) mass is 402 g/mol. The minimum atomic E-state index is -0.00371. The van der Waals surface area contributed by atoms with Crippen LogP contribution in [0.4, 0.5) is 0 Å². The molecule has 0 aliphatic rings. The first-order valence-electron chi connectivity index (χ1n) is 7.94. The number of carbonyl (C=O) groups is 1. The summed E-state index contributed by atoms with van der Waals surface area (Å²) in [6.07, 6.45) is 0.276. The van der Waals surface area contributed by atoms with Gasteiger partial charge in [-0.3, -0.25) is 4.79 Å². The lowest BCUT2D eigenvalue weighted by atomic mass is 10.1. The molecule has 0 atom stereocenters. The summed E-state index contributed by atoms with van der Waals surface area (Å²) in [4.78, 5) is 14.1. The quantitative estimate of drug-likeness (QED) is 0.629. The molecular weight excluding hydrogens is 384 g/mol. The molecule has 0 unspecified atom stereocenters. The van der Waals surface area contributed by atoms with Crippen LogP contribution in [0, 0.1) is 13.8 Å². The van der Waals surface area contributed by atoms with Crippen molar-refractivity contribution in [2.75, 3.05) is 7.05 Å². The van der Waals surface area contributed by atoms with Crippen LogP contribution in [0.15, 0.2) is 49.8 Å². The normalized spacial score (nSPS) is 10.9. The molecule has 5 nitrogen and oxygen atoms in total. The topological polar surface area (TPSA) is 59.5 Å². The van der Waals surface area contributed by atoms with Crippen molar-refractivity contribution in [3.05, 3.63) is 63.6 Å². The third-order valence-electron chi connectivity index (χ3n) is 4.12. The van der Waals surface area contributed by atoms with Crippen LogP contribution in [0.2, 0.25) is 0 Å². The number of carbonyl (C=O) groups excluding carboxylic acids is 1. The predicted molar refractivity (Wildman–Crippen MR) is 98.0 cm³/mol. The van der Waals surface area contributed by atoms with E-state index >= 15 is 0 Å². The van der Waals surface area contributed by atoms with Crippen molar-refractivity contribution >= 4 is 21.8 Å². The second-order valence-corrected chi connectivity index (χ2v) is 6.92. The summed E-state index contributed by atoms with van der Waals surface area (Å²) in [5, 5.41) is 3.89. The van der Waals surface area contributed by atoms with Crippen molar-refractivity contribution < 1.29 is 13.7 Å². The van der Waals surface area contributed by atoms with Gasteiger partial charge in [0.25, 0.3) is 0 Å². The minimum absolute atomic E-state index is 0.00371. The number of halogens is 1. The number of amides is 1. The van der Waals surface area contributed by atoms with Crippen LogP contribution < -0.4 is 0 Å². The number of rotatable bonds is 5. The van der Waals surface area contributed by atoms with E-state index in [0.717, 1.165) is 32.8 Å². The lowest BCUT2D eigenvalue weighted by Gasteiger charge is -2.15. The van der Waals surface area contributed by atoms with E-state index in [1.54, 1.807) is 11.9 Å². The Hall–Kier alpha value is -2.34. The molecule has 0 aliphatic heterocycles. The molecule has 6 heteroatoms.